The number of hydrogen-bond donors (Lipinski definition) is 2. The molecule has 3 atom stereocenters. The van der Waals surface area contributed by atoms with Crippen LogP contribution in [0.4, 0.5) is 0 Å². The van der Waals surface area contributed by atoms with E-state index < -0.39 is 6.10 Å². The van der Waals surface area contributed by atoms with Crippen molar-refractivity contribution in [3.8, 4) is 0 Å². The summed E-state index contributed by atoms with van der Waals surface area (Å²) in [4.78, 5) is 0. The molecule has 0 spiro atoms. The summed E-state index contributed by atoms with van der Waals surface area (Å²) in [5, 5.41) is 9.96. The minimum atomic E-state index is -0.402. The van der Waals surface area contributed by atoms with Crippen molar-refractivity contribution in [2.24, 2.45) is 5.73 Å². The molecule has 0 heterocycles. The summed E-state index contributed by atoms with van der Waals surface area (Å²) in [5.41, 5.74) is 8.53. The average molecular weight is 249 g/mol. The Morgan fingerprint density at radius 2 is 1.78 bits per heavy atom. The van der Waals surface area contributed by atoms with Gasteiger partial charge in [0.25, 0.3) is 0 Å². The van der Waals surface area contributed by atoms with Gasteiger partial charge in [0.15, 0.2) is 0 Å². The quantitative estimate of drug-likeness (QED) is 0.779. The Labute approximate surface area is 111 Å². The predicted molar refractivity (Wildman–Crippen MR) is 77.7 cm³/mol. The molecular weight excluding hydrogens is 222 g/mol. The molecule has 0 bridgehead atoms. The average Bonchev–Trinajstić information content (AvgIpc) is 2.38. The smallest absolute Gasteiger partial charge is 0.0696 e. The molecule has 3 unspecified atom stereocenters. The molecule has 2 nitrogen and oxygen atoms in total. The molecule has 0 saturated carbocycles. The number of aliphatic hydroxyl groups is 1. The van der Waals surface area contributed by atoms with E-state index in [0.29, 0.717) is 5.92 Å². The standard InChI is InChI=1S/C16H27NO/c1-4-6-13-7-9-14(10-8-13)12(3)11-16(18)15(17)5-2/h7-10,12,15-16,18H,4-6,11,17H2,1-3H3. The molecule has 0 fully saturated rings. The van der Waals surface area contributed by atoms with Crippen molar-refractivity contribution in [3.05, 3.63) is 35.4 Å². The molecular formula is C16H27NO. The first-order chi connectivity index (χ1) is 8.58. The summed E-state index contributed by atoms with van der Waals surface area (Å²) in [6.45, 7) is 6.36. The number of hydrogen-bond acceptors (Lipinski definition) is 2. The first-order valence-electron chi connectivity index (χ1n) is 7.10. The first-order valence-corrected chi connectivity index (χ1v) is 7.10. The molecule has 1 aromatic rings. The van der Waals surface area contributed by atoms with E-state index in [0.717, 1.165) is 19.3 Å². The lowest BCUT2D eigenvalue weighted by Crippen LogP contribution is -2.34. The summed E-state index contributed by atoms with van der Waals surface area (Å²) in [6.07, 6.45) is 3.47. The maximum atomic E-state index is 9.96. The molecule has 0 aromatic heterocycles. The predicted octanol–water partition coefficient (Wildman–Crippen LogP) is 3.23. The molecule has 1 aromatic carbocycles. The maximum Gasteiger partial charge on any atom is 0.0696 e. The fourth-order valence-electron chi connectivity index (χ4n) is 2.25. The van der Waals surface area contributed by atoms with Crippen molar-refractivity contribution in [3.63, 3.8) is 0 Å². The maximum absolute atomic E-state index is 9.96. The Balaban J connectivity index is 2.58. The van der Waals surface area contributed by atoms with E-state index in [1.807, 2.05) is 6.92 Å². The minimum absolute atomic E-state index is 0.105. The van der Waals surface area contributed by atoms with Crippen molar-refractivity contribution in [2.75, 3.05) is 0 Å². The number of aliphatic hydroxyl groups excluding tert-OH is 1. The molecule has 0 amide bonds. The van der Waals surface area contributed by atoms with Crippen LogP contribution in [0.3, 0.4) is 0 Å². The van der Waals surface area contributed by atoms with Crippen LogP contribution in [-0.2, 0) is 6.42 Å². The van der Waals surface area contributed by atoms with Gasteiger partial charge < -0.3 is 10.8 Å². The number of benzene rings is 1. The molecule has 2 heteroatoms. The van der Waals surface area contributed by atoms with Crippen LogP contribution in [0.25, 0.3) is 0 Å². The number of nitrogens with two attached hydrogens (primary N) is 1. The van der Waals surface area contributed by atoms with Crippen LogP contribution in [0.2, 0.25) is 0 Å². The third kappa shape index (κ3) is 4.43. The Kier molecular flexibility index (Phi) is 6.37. The van der Waals surface area contributed by atoms with E-state index in [4.69, 9.17) is 5.73 Å². The normalized spacial score (nSPS) is 16.3. The highest BCUT2D eigenvalue weighted by Gasteiger charge is 2.17. The molecule has 0 saturated heterocycles. The van der Waals surface area contributed by atoms with Crippen LogP contribution in [0.15, 0.2) is 24.3 Å². The largest absolute Gasteiger partial charge is 0.391 e. The molecule has 102 valence electrons. The first kappa shape index (κ1) is 15.2. The van der Waals surface area contributed by atoms with Crippen molar-refractivity contribution in [1.29, 1.82) is 0 Å². The van der Waals surface area contributed by atoms with E-state index in [-0.39, 0.29) is 6.04 Å². The van der Waals surface area contributed by atoms with Crippen LogP contribution < -0.4 is 5.73 Å². The van der Waals surface area contributed by atoms with Gasteiger partial charge in [-0.15, -0.1) is 0 Å². The van der Waals surface area contributed by atoms with Gasteiger partial charge in [-0.05, 0) is 36.3 Å². The third-order valence-electron chi connectivity index (χ3n) is 3.65. The van der Waals surface area contributed by atoms with Crippen molar-refractivity contribution in [2.45, 2.75) is 64.5 Å². The summed E-state index contributed by atoms with van der Waals surface area (Å²) >= 11 is 0. The third-order valence-corrected chi connectivity index (χ3v) is 3.65. The zero-order valence-corrected chi connectivity index (χ0v) is 11.9. The van der Waals surface area contributed by atoms with Gasteiger partial charge in [0, 0.05) is 6.04 Å². The second kappa shape index (κ2) is 7.55. The van der Waals surface area contributed by atoms with Crippen LogP contribution in [0.1, 0.15) is 57.1 Å². The molecule has 0 aliphatic carbocycles. The Morgan fingerprint density at radius 3 is 2.28 bits per heavy atom. The lowest BCUT2D eigenvalue weighted by atomic mass is 9.91. The van der Waals surface area contributed by atoms with E-state index in [9.17, 15) is 5.11 Å². The molecule has 0 aliphatic heterocycles. The van der Waals surface area contributed by atoms with Crippen LogP contribution in [0, 0.1) is 0 Å². The zero-order chi connectivity index (χ0) is 13.5. The van der Waals surface area contributed by atoms with E-state index in [1.54, 1.807) is 0 Å². The van der Waals surface area contributed by atoms with Gasteiger partial charge in [-0.2, -0.15) is 0 Å². The lowest BCUT2D eigenvalue weighted by molar-refractivity contribution is 0.126. The Hall–Kier alpha value is -0.860. The lowest BCUT2D eigenvalue weighted by Gasteiger charge is -2.21. The van der Waals surface area contributed by atoms with Gasteiger partial charge in [0.05, 0.1) is 6.10 Å². The molecule has 3 N–H and O–H groups in total. The topological polar surface area (TPSA) is 46.2 Å². The van der Waals surface area contributed by atoms with Gasteiger partial charge in [-0.1, -0.05) is 51.5 Å². The number of aryl methyl sites for hydroxylation is 1. The molecule has 0 radical (unpaired) electrons. The van der Waals surface area contributed by atoms with Crippen molar-refractivity contribution >= 4 is 0 Å². The second-order valence-corrected chi connectivity index (χ2v) is 5.27. The fourth-order valence-corrected chi connectivity index (χ4v) is 2.25. The minimum Gasteiger partial charge on any atom is -0.391 e. The monoisotopic (exact) mass is 249 g/mol. The summed E-state index contributed by atoms with van der Waals surface area (Å²) in [6, 6.07) is 8.65. The van der Waals surface area contributed by atoms with E-state index >= 15 is 0 Å². The van der Waals surface area contributed by atoms with Crippen LogP contribution in [-0.4, -0.2) is 17.3 Å². The van der Waals surface area contributed by atoms with Gasteiger partial charge in [-0.25, -0.2) is 0 Å². The van der Waals surface area contributed by atoms with Gasteiger partial charge in [0.2, 0.25) is 0 Å². The molecule has 1 rings (SSSR count). The van der Waals surface area contributed by atoms with Crippen molar-refractivity contribution < 1.29 is 5.11 Å². The molecule has 18 heavy (non-hydrogen) atoms. The highest BCUT2D eigenvalue weighted by Crippen LogP contribution is 2.22. The summed E-state index contributed by atoms with van der Waals surface area (Å²) in [7, 11) is 0. The highest BCUT2D eigenvalue weighted by molar-refractivity contribution is 5.25. The number of rotatable bonds is 7. The summed E-state index contributed by atoms with van der Waals surface area (Å²) in [5.74, 6) is 0.355. The Bertz CT molecular complexity index is 333. The van der Waals surface area contributed by atoms with Crippen LogP contribution >= 0.6 is 0 Å². The van der Waals surface area contributed by atoms with Gasteiger partial charge in [0.1, 0.15) is 0 Å². The van der Waals surface area contributed by atoms with Gasteiger partial charge in [-0.3, -0.25) is 0 Å². The SMILES string of the molecule is CCCc1ccc(C(C)CC(O)C(N)CC)cc1. The van der Waals surface area contributed by atoms with E-state index in [2.05, 4.69) is 38.1 Å². The second-order valence-electron chi connectivity index (χ2n) is 5.27. The van der Waals surface area contributed by atoms with Crippen LogP contribution in [0.5, 0.6) is 0 Å². The zero-order valence-electron chi connectivity index (χ0n) is 11.9. The van der Waals surface area contributed by atoms with Gasteiger partial charge >= 0.3 is 0 Å². The fraction of sp³-hybridized carbons (Fsp3) is 0.625. The Morgan fingerprint density at radius 1 is 1.17 bits per heavy atom. The van der Waals surface area contributed by atoms with Crippen molar-refractivity contribution in [1.82, 2.24) is 0 Å². The molecule has 0 aliphatic rings. The highest BCUT2D eigenvalue weighted by atomic mass is 16.3. The summed E-state index contributed by atoms with van der Waals surface area (Å²) < 4.78 is 0. The van der Waals surface area contributed by atoms with E-state index in [1.165, 1.54) is 17.5 Å².